The van der Waals surface area contributed by atoms with Crippen molar-refractivity contribution in [1.29, 1.82) is 0 Å². The van der Waals surface area contributed by atoms with Crippen molar-refractivity contribution in [2.75, 3.05) is 6.61 Å². The average molecular weight is 517 g/mol. The van der Waals surface area contributed by atoms with Crippen LogP contribution in [0.2, 0.25) is 0 Å². The summed E-state index contributed by atoms with van der Waals surface area (Å²) in [7, 11) is 0. The number of halogens is 1. The van der Waals surface area contributed by atoms with Gasteiger partial charge in [0.15, 0.2) is 0 Å². The molecule has 3 aliphatic rings. The van der Waals surface area contributed by atoms with E-state index in [1.54, 1.807) is 12.1 Å². The molecule has 0 saturated heterocycles. The molecule has 0 unspecified atom stereocenters. The van der Waals surface area contributed by atoms with E-state index in [0.717, 1.165) is 30.4 Å². The zero-order valence-corrected chi connectivity index (χ0v) is 23.2. The van der Waals surface area contributed by atoms with Crippen molar-refractivity contribution in [1.82, 2.24) is 9.78 Å². The fraction of sp³-hybridized carbons (Fsp3) is 0.545. The summed E-state index contributed by atoms with van der Waals surface area (Å²) in [6.45, 7) is 10.2. The van der Waals surface area contributed by atoms with Crippen LogP contribution in [-0.4, -0.2) is 21.5 Å². The number of rotatable bonds is 5. The highest BCUT2D eigenvalue weighted by Crippen LogP contribution is 2.63. The molecule has 2 saturated carbocycles. The van der Waals surface area contributed by atoms with Gasteiger partial charge in [-0.25, -0.2) is 9.07 Å². The first-order valence-corrected chi connectivity index (χ1v) is 14.4. The highest BCUT2D eigenvalue weighted by molar-refractivity contribution is 5.42. The number of aromatic nitrogens is 2. The maximum Gasteiger partial charge on any atom is 0.127 e. The van der Waals surface area contributed by atoms with Gasteiger partial charge in [-0.15, -0.1) is 0 Å². The molecule has 1 heterocycles. The number of aliphatic hydroxyl groups is 1. The molecule has 2 aromatic carbocycles. The van der Waals surface area contributed by atoms with E-state index < -0.39 is 0 Å². The SMILES string of the molecule is C[C@@H]1[C@@H]([C@@]2(C)Cc3cnn(-c4ccc(Oc5ccc(F)cc5)cc4)c3C[C@@H]2CO)CC[C@]2(C)[C@@H](C)CC[C@@H]12. The van der Waals surface area contributed by atoms with E-state index in [1.807, 2.05) is 28.9 Å². The number of hydrogen-bond donors (Lipinski definition) is 1. The second-order valence-electron chi connectivity index (χ2n) is 12.9. The molecule has 0 radical (unpaired) electrons. The normalized spacial score (nSPS) is 34.5. The molecule has 0 aliphatic heterocycles. The molecule has 38 heavy (non-hydrogen) atoms. The average Bonchev–Trinajstić information content (AvgIpc) is 3.45. The van der Waals surface area contributed by atoms with E-state index in [2.05, 4.69) is 33.9 Å². The molecule has 202 valence electrons. The smallest absolute Gasteiger partial charge is 0.127 e. The number of fused-ring (bicyclic) bond motifs is 2. The molecular formula is C33H41FN2O2. The summed E-state index contributed by atoms with van der Waals surface area (Å²) in [4.78, 5) is 0. The Kier molecular flexibility index (Phi) is 6.41. The Morgan fingerprint density at radius 3 is 2.29 bits per heavy atom. The standard InChI is InChI=1S/C33H41FN2O2/c1-21-5-14-29-22(2)30(15-16-32(21,29)3)33(4)18-23-19-35-36(31(23)17-24(33)20-37)26-8-12-28(13-9-26)38-27-10-6-25(34)7-11-27/h6-13,19,21-22,24,29-30,37H,5,14-18,20H2,1-4H3/t21-,22-,24+,29-,30-,32+,33-/m0/s1. The lowest BCUT2D eigenvalue weighted by Crippen LogP contribution is -2.51. The van der Waals surface area contributed by atoms with E-state index in [0.29, 0.717) is 28.7 Å². The van der Waals surface area contributed by atoms with Crippen molar-refractivity contribution >= 4 is 0 Å². The van der Waals surface area contributed by atoms with Crippen LogP contribution >= 0.6 is 0 Å². The van der Waals surface area contributed by atoms with E-state index in [9.17, 15) is 9.50 Å². The molecule has 0 amide bonds. The number of nitrogens with zero attached hydrogens (tertiary/aromatic N) is 2. The number of benzene rings is 2. The van der Waals surface area contributed by atoms with Gasteiger partial charge >= 0.3 is 0 Å². The lowest BCUT2D eigenvalue weighted by atomic mass is 9.49. The van der Waals surface area contributed by atoms with Crippen molar-refractivity contribution in [3.05, 3.63) is 71.8 Å². The minimum atomic E-state index is -0.280. The molecule has 4 nitrogen and oxygen atoms in total. The molecule has 0 bridgehead atoms. The zero-order chi connectivity index (χ0) is 26.7. The third-order valence-electron chi connectivity index (χ3n) is 11.2. The third kappa shape index (κ3) is 4.09. The second kappa shape index (κ2) is 9.51. The Morgan fingerprint density at radius 2 is 1.61 bits per heavy atom. The molecule has 6 rings (SSSR count). The van der Waals surface area contributed by atoms with E-state index in [-0.39, 0.29) is 23.8 Å². The van der Waals surface area contributed by atoms with Crippen LogP contribution in [0.1, 0.15) is 64.6 Å². The molecule has 0 spiro atoms. The van der Waals surface area contributed by atoms with Gasteiger partial charge in [-0.05, 0) is 133 Å². The summed E-state index contributed by atoms with van der Waals surface area (Å²) in [5.74, 6) is 4.17. The highest BCUT2D eigenvalue weighted by atomic mass is 19.1. The number of hydrogen-bond acceptors (Lipinski definition) is 3. The summed E-state index contributed by atoms with van der Waals surface area (Å²) < 4.78 is 21.1. The Bertz CT molecular complexity index is 1290. The van der Waals surface area contributed by atoms with E-state index >= 15 is 0 Å². The van der Waals surface area contributed by atoms with Crippen LogP contribution in [0.4, 0.5) is 4.39 Å². The van der Waals surface area contributed by atoms with Gasteiger partial charge in [0.1, 0.15) is 17.3 Å². The van der Waals surface area contributed by atoms with Gasteiger partial charge in [0.05, 0.1) is 11.9 Å². The second-order valence-corrected chi connectivity index (χ2v) is 12.9. The Hall–Kier alpha value is -2.66. The summed E-state index contributed by atoms with van der Waals surface area (Å²) in [6.07, 6.45) is 9.19. The van der Waals surface area contributed by atoms with Crippen LogP contribution < -0.4 is 4.74 Å². The number of ether oxygens (including phenoxy) is 1. The molecular weight excluding hydrogens is 475 g/mol. The lowest BCUT2D eigenvalue weighted by molar-refractivity contribution is -0.0659. The topological polar surface area (TPSA) is 47.3 Å². The Morgan fingerprint density at radius 1 is 0.947 bits per heavy atom. The largest absolute Gasteiger partial charge is 0.457 e. The summed E-state index contributed by atoms with van der Waals surface area (Å²) in [5.41, 5.74) is 4.09. The Balaban J connectivity index is 1.23. The predicted octanol–water partition coefficient (Wildman–Crippen LogP) is 7.62. The summed E-state index contributed by atoms with van der Waals surface area (Å²) >= 11 is 0. The fourth-order valence-electron chi connectivity index (χ4n) is 8.71. The maximum absolute atomic E-state index is 13.2. The predicted molar refractivity (Wildman–Crippen MR) is 148 cm³/mol. The minimum Gasteiger partial charge on any atom is -0.457 e. The molecule has 3 aliphatic carbocycles. The van der Waals surface area contributed by atoms with Crippen molar-refractivity contribution < 1.29 is 14.2 Å². The van der Waals surface area contributed by atoms with Gasteiger partial charge in [0.2, 0.25) is 0 Å². The van der Waals surface area contributed by atoms with Crippen LogP contribution in [0, 0.1) is 46.2 Å². The van der Waals surface area contributed by atoms with E-state index in [1.165, 1.54) is 49.1 Å². The third-order valence-corrected chi connectivity index (χ3v) is 11.2. The molecule has 1 N–H and O–H groups in total. The molecule has 7 atom stereocenters. The summed E-state index contributed by atoms with van der Waals surface area (Å²) in [6, 6.07) is 13.9. The van der Waals surface area contributed by atoms with Crippen LogP contribution in [-0.2, 0) is 12.8 Å². The van der Waals surface area contributed by atoms with Crippen LogP contribution in [0.15, 0.2) is 54.7 Å². The van der Waals surface area contributed by atoms with Gasteiger partial charge in [-0.2, -0.15) is 5.10 Å². The monoisotopic (exact) mass is 516 g/mol. The zero-order valence-electron chi connectivity index (χ0n) is 23.2. The van der Waals surface area contributed by atoms with Crippen LogP contribution in [0.5, 0.6) is 11.5 Å². The first-order chi connectivity index (χ1) is 18.2. The van der Waals surface area contributed by atoms with Crippen molar-refractivity contribution in [3.8, 4) is 17.2 Å². The Labute approximate surface area is 226 Å². The molecule has 1 aromatic heterocycles. The van der Waals surface area contributed by atoms with Crippen molar-refractivity contribution in [3.63, 3.8) is 0 Å². The first-order valence-electron chi connectivity index (χ1n) is 14.4. The summed E-state index contributed by atoms with van der Waals surface area (Å²) in [5, 5.41) is 15.5. The molecule has 2 fully saturated rings. The van der Waals surface area contributed by atoms with Crippen molar-refractivity contribution in [2.45, 2.75) is 66.2 Å². The van der Waals surface area contributed by atoms with Crippen LogP contribution in [0.25, 0.3) is 5.69 Å². The van der Waals surface area contributed by atoms with Gasteiger partial charge in [-0.1, -0.05) is 27.7 Å². The first kappa shape index (κ1) is 25.6. The maximum atomic E-state index is 13.2. The van der Waals surface area contributed by atoms with Gasteiger partial charge in [-0.3, -0.25) is 0 Å². The van der Waals surface area contributed by atoms with Crippen molar-refractivity contribution in [2.24, 2.45) is 40.4 Å². The quantitative estimate of drug-likeness (QED) is 0.379. The van der Waals surface area contributed by atoms with Crippen LogP contribution in [0.3, 0.4) is 0 Å². The van der Waals surface area contributed by atoms with Gasteiger partial charge < -0.3 is 9.84 Å². The number of aliphatic hydroxyl groups excluding tert-OH is 1. The lowest BCUT2D eigenvalue weighted by Gasteiger charge is -2.55. The fourth-order valence-corrected chi connectivity index (χ4v) is 8.71. The van der Waals surface area contributed by atoms with E-state index in [4.69, 9.17) is 9.84 Å². The van der Waals surface area contributed by atoms with Gasteiger partial charge in [0, 0.05) is 12.3 Å². The molecule has 5 heteroatoms. The van der Waals surface area contributed by atoms with Gasteiger partial charge in [0.25, 0.3) is 0 Å². The highest BCUT2D eigenvalue weighted by Gasteiger charge is 2.56. The molecule has 3 aromatic rings. The minimum absolute atomic E-state index is 0.0784.